The van der Waals surface area contributed by atoms with E-state index in [2.05, 4.69) is 16.0 Å². The molecule has 144 valence electrons. The van der Waals surface area contributed by atoms with Gasteiger partial charge in [0.05, 0.1) is 5.56 Å². The molecule has 0 heterocycles. The smallest absolute Gasteiger partial charge is 0.356 e. The van der Waals surface area contributed by atoms with Crippen LogP contribution in [0, 0.1) is 11.8 Å². The van der Waals surface area contributed by atoms with Gasteiger partial charge in [0.2, 0.25) is 5.91 Å². The highest BCUT2D eigenvalue weighted by molar-refractivity contribution is 5.89. The van der Waals surface area contributed by atoms with Crippen molar-refractivity contribution in [1.82, 2.24) is 10.6 Å². The number of carbonyl (C=O) groups excluding carboxylic acids is 2. The van der Waals surface area contributed by atoms with Crippen LogP contribution in [-0.2, 0) is 11.0 Å². The number of amides is 3. The van der Waals surface area contributed by atoms with E-state index < -0.39 is 17.8 Å². The molecular formula is C18H24F3N3O2. The van der Waals surface area contributed by atoms with Gasteiger partial charge in [0.25, 0.3) is 0 Å². The number of halogens is 3. The van der Waals surface area contributed by atoms with Crippen LogP contribution < -0.4 is 16.0 Å². The van der Waals surface area contributed by atoms with Gasteiger partial charge in [-0.25, -0.2) is 4.79 Å². The van der Waals surface area contributed by atoms with Crippen molar-refractivity contribution in [2.24, 2.45) is 11.8 Å². The van der Waals surface area contributed by atoms with Gasteiger partial charge in [0.1, 0.15) is 0 Å². The van der Waals surface area contributed by atoms with Crippen molar-refractivity contribution in [3.8, 4) is 0 Å². The number of anilines is 1. The Labute approximate surface area is 150 Å². The summed E-state index contributed by atoms with van der Waals surface area (Å²) in [5.41, 5.74) is -0.436. The minimum absolute atomic E-state index is 0.0197. The van der Waals surface area contributed by atoms with Crippen LogP contribution in [0.5, 0.6) is 0 Å². The highest BCUT2D eigenvalue weighted by Gasteiger charge is 2.30. The SMILES string of the molecule is CC(=O)NCC1CCC(CNC(=O)Nc2ccc(C(F)(F)F)cc2)CC1. The lowest BCUT2D eigenvalue weighted by Crippen LogP contribution is -2.35. The van der Waals surface area contributed by atoms with E-state index in [9.17, 15) is 22.8 Å². The van der Waals surface area contributed by atoms with E-state index in [0.29, 0.717) is 30.6 Å². The Hall–Kier alpha value is -2.25. The van der Waals surface area contributed by atoms with Crippen LogP contribution in [0.2, 0.25) is 0 Å². The number of hydrogen-bond donors (Lipinski definition) is 3. The van der Waals surface area contributed by atoms with Crippen molar-refractivity contribution < 1.29 is 22.8 Å². The molecule has 1 aromatic rings. The number of nitrogens with one attached hydrogen (secondary N) is 3. The molecule has 0 bridgehead atoms. The zero-order chi connectivity index (χ0) is 19.2. The normalized spacial score (nSPS) is 20.3. The van der Waals surface area contributed by atoms with Crippen molar-refractivity contribution >= 4 is 17.6 Å². The van der Waals surface area contributed by atoms with Gasteiger partial charge in [-0.3, -0.25) is 4.79 Å². The number of rotatable bonds is 5. The molecule has 1 saturated carbocycles. The summed E-state index contributed by atoms with van der Waals surface area (Å²) in [5, 5.41) is 8.14. The second-order valence-electron chi connectivity index (χ2n) is 6.73. The summed E-state index contributed by atoms with van der Waals surface area (Å²) in [6.07, 6.45) is -0.421. The van der Waals surface area contributed by atoms with Crippen molar-refractivity contribution in [3.05, 3.63) is 29.8 Å². The number of hydrogen-bond acceptors (Lipinski definition) is 2. The van der Waals surface area contributed by atoms with Crippen molar-refractivity contribution in [3.63, 3.8) is 0 Å². The van der Waals surface area contributed by atoms with Crippen LogP contribution in [0.15, 0.2) is 24.3 Å². The molecule has 0 radical (unpaired) electrons. The first kappa shape index (κ1) is 20.1. The number of carbonyl (C=O) groups is 2. The van der Waals surface area contributed by atoms with Gasteiger partial charge < -0.3 is 16.0 Å². The highest BCUT2D eigenvalue weighted by Crippen LogP contribution is 2.30. The molecule has 2 rings (SSSR count). The Morgan fingerprint density at radius 3 is 1.92 bits per heavy atom. The molecule has 1 fully saturated rings. The fourth-order valence-electron chi connectivity index (χ4n) is 3.08. The predicted molar refractivity (Wildman–Crippen MR) is 92.6 cm³/mol. The quantitative estimate of drug-likeness (QED) is 0.737. The van der Waals surface area contributed by atoms with Gasteiger partial charge in [-0.2, -0.15) is 13.2 Å². The molecule has 1 aliphatic carbocycles. The van der Waals surface area contributed by atoms with Gasteiger partial charge in [-0.05, 0) is 61.8 Å². The van der Waals surface area contributed by atoms with Gasteiger partial charge in [0, 0.05) is 25.7 Å². The second kappa shape index (κ2) is 8.91. The topological polar surface area (TPSA) is 70.2 Å². The lowest BCUT2D eigenvalue weighted by Gasteiger charge is -2.28. The van der Waals surface area contributed by atoms with Gasteiger partial charge in [-0.1, -0.05) is 0 Å². The van der Waals surface area contributed by atoms with Crippen LogP contribution in [0.25, 0.3) is 0 Å². The molecule has 0 atom stereocenters. The Bertz CT molecular complexity index is 609. The fourth-order valence-corrected chi connectivity index (χ4v) is 3.08. The molecule has 1 aliphatic rings. The molecule has 3 N–H and O–H groups in total. The molecule has 3 amide bonds. The summed E-state index contributed by atoms with van der Waals surface area (Å²) in [6.45, 7) is 2.73. The summed E-state index contributed by atoms with van der Waals surface area (Å²) < 4.78 is 37.5. The van der Waals surface area contributed by atoms with Crippen molar-refractivity contribution in [2.75, 3.05) is 18.4 Å². The zero-order valence-electron chi connectivity index (χ0n) is 14.7. The van der Waals surface area contributed by atoms with Gasteiger partial charge in [0.15, 0.2) is 0 Å². The third kappa shape index (κ3) is 6.57. The standard InChI is InChI=1S/C18H24F3N3O2/c1-12(25)22-10-13-2-4-14(5-3-13)11-23-17(26)24-16-8-6-15(7-9-16)18(19,20)21/h6-9,13-14H,2-5,10-11H2,1H3,(H,22,25)(H2,23,24,26). The maximum Gasteiger partial charge on any atom is 0.416 e. The highest BCUT2D eigenvalue weighted by atomic mass is 19.4. The minimum Gasteiger partial charge on any atom is -0.356 e. The van der Waals surface area contributed by atoms with E-state index in [4.69, 9.17) is 0 Å². The molecule has 1 aromatic carbocycles. The molecule has 0 aliphatic heterocycles. The number of benzene rings is 1. The predicted octanol–water partition coefficient (Wildman–Crippen LogP) is 3.77. The molecule has 0 spiro atoms. The Morgan fingerprint density at radius 2 is 1.46 bits per heavy atom. The Balaban J connectivity index is 1.69. The second-order valence-corrected chi connectivity index (χ2v) is 6.73. The van der Waals surface area contributed by atoms with Gasteiger partial charge >= 0.3 is 12.2 Å². The van der Waals surface area contributed by atoms with E-state index >= 15 is 0 Å². The first-order chi connectivity index (χ1) is 12.2. The summed E-state index contributed by atoms with van der Waals surface area (Å²) in [6, 6.07) is 3.91. The van der Waals surface area contributed by atoms with E-state index in [-0.39, 0.29) is 5.91 Å². The average molecular weight is 371 g/mol. The van der Waals surface area contributed by atoms with E-state index in [1.807, 2.05) is 0 Å². The first-order valence-corrected chi connectivity index (χ1v) is 8.70. The lowest BCUT2D eigenvalue weighted by atomic mass is 9.82. The maximum atomic E-state index is 12.5. The third-order valence-corrected chi connectivity index (χ3v) is 4.63. The van der Waals surface area contributed by atoms with Crippen LogP contribution in [0.3, 0.4) is 0 Å². The van der Waals surface area contributed by atoms with Crippen LogP contribution in [0.1, 0.15) is 38.2 Å². The van der Waals surface area contributed by atoms with E-state index in [1.54, 1.807) is 0 Å². The third-order valence-electron chi connectivity index (χ3n) is 4.63. The number of alkyl halides is 3. The zero-order valence-corrected chi connectivity index (χ0v) is 14.7. The van der Waals surface area contributed by atoms with Crippen molar-refractivity contribution in [1.29, 1.82) is 0 Å². The van der Waals surface area contributed by atoms with Crippen LogP contribution in [0.4, 0.5) is 23.7 Å². The largest absolute Gasteiger partial charge is 0.416 e. The molecule has 8 heteroatoms. The Kier molecular flexibility index (Phi) is 6.88. The summed E-state index contributed by atoms with van der Waals surface area (Å²) in [5.74, 6) is 0.840. The maximum absolute atomic E-state index is 12.5. The summed E-state index contributed by atoms with van der Waals surface area (Å²) in [7, 11) is 0. The average Bonchev–Trinajstić information content (AvgIpc) is 2.58. The van der Waals surface area contributed by atoms with Gasteiger partial charge in [-0.15, -0.1) is 0 Å². The number of urea groups is 1. The summed E-state index contributed by atoms with van der Waals surface area (Å²) in [4.78, 5) is 22.8. The molecule has 0 unspecified atom stereocenters. The van der Waals surface area contributed by atoms with Crippen LogP contribution >= 0.6 is 0 Å². The van der Waals surface area contributed by atoms with Crippen molar-refractivity contribution in [2.45, 2.75) is 38.8 Å². The molecule has 0 saturated heterocycles. The molecule has 0 aromatic heterocycles. The Morgan fingerprint density at radius 1 is 0.962 bits per heavy atom. The van der Waals surface area contributed by atoms with E-state index in [0.717, 1.165) is 37.8 Å². The molecule has 26 heavy (non-hydrogen) atoms. The molecule has 5 nitrogen and oxygen atoms in total. The van der Waals surface area contributed by atoms with E-state index in [1.165, 1.54) is 19.1 Å². The fraction of sp³-hybridized carbons (Fsp3) is 0.556. The molecular weight excluding hydrogens is 347 g/mol. The van der Waals surface area contributed by atoms with Crippen LogP contribution in [-0.4, -0.2) is 25.0 Å². The minimum atomic E-state index is -4.39. The lowest BCUT2D eigenvalue weighted by molar-refractivity contribution is -0.137. The first-order valence-electron chi connectivity index (χ1n) is 8.70. The monoisotopic (exact) mass is 371 g/mol. The summed E-state index contributed by atoms with van der Waals surface area (Å²) >= 11 is 0.